The molecule has 58 valence electrons. The van der Waals surface area contributed by atoms with Gasteiger partial charge in [-0.2, -0.15) is 0 Å². The minimum atomic E-state index is 0.506. The van der Waals surface area contributed by atoms with E-state index in [1.807, 2.05) is 0 Å². The molecule has 1 aliphatic carbocycles. The fraction of sp³-hybridized carbons (Fsp3) is 0.400. The lowest BCUT2D eigenvalue weighted by Gasteiger charge is -2.23. The van der Waals surface area contributed by atoms with Crippen molar-refractivity contribution < 1.29 is 0 Å². The van der Waals surface area contributed by atoms with E-state index in [1.54, 1.807) is 0 Å². The number of nitrogens with one attached hydrogen (secondary N) is 1. The average Bonchev–Trinajstić information content (AvgIpc) is 2.06. The molecule has 0 saturated heterocycles. The summed E-state index contributed by atoms with van der Waals surface area (Å²) in [6.07, 6.45) is 11.2. The molecule has 0 radical (unpaired) electrons. The van der Waals surface area contributed by atoms with Gasteiger partial charge in [0.1, 0.15) is 0 Å². The third kappa shape index (κ3) is 1.11. The van der Waals surface area contributed by atoms with E-state index < -0.39 is 0 Å². The van der Waals surface area contributed by atoms with Crippen molar-refractivity contribution in [3.05, 3.63) is 35.6 Å². The first-order valence-corrected chi connectivity index (χ1v) is 4.20. The summed E-state index contributed by atoms with van der Waals surface area (Å²) in [6.45, 7) is 2.20. The molecule has 11 heavy (non-hydrogen) atoms. The van der Waals surface area contributed by atoms with Gasteiger partial charge in [-0.1, -0.05) is 12.2 Å². The third-order valence-electron chi connectivity index (χ3n) is 2.35. The highest BCUT2D eigenvalue weighted by Crippen LogP contribution is 2.24. The lowest BCUT2D eigenvalue weighted by molar-refractivity contribution is 0.708. The van der Waals surface area contributed by atoms with Crippen molar-refractivity contribution in [1.82, 2.24) is 5.32 Å². The van der Waals surface area contributed by atoms with Crippen molar-refractivity contribution in [3.63, 3.8) is 0 Å². The second kappa shape index (κ2) is 2.57. The summed E-state index contributed by atoms with van der Waals surface area (Å²) in [5.41, 5.74) is 2.98. The SMILES string of the molecule is CC1NC=CC2=C1C=CCC2. The molecule has 1 atom stereocenters. The molecule has 0 aromatic heterocycles. The summed E-state index contributed by atoms with van der Waals surface area (Å²) in [6, 6.07) is 0.506. The van der Waals surface area contributed by atoms with Crippen LogP contribution in [0.2, 0.25) is 0 Å². The van der Waals surface area contributed by atoms with E-state index in [2.05, 4.69) is 36.7 Å². The average molecular weight is 147 g/mol. The van der Waals surface area contributed by atoms with Crippen molar-refractivity contribution >= 4 is 0 Å². The first kappa shape index (κ1) is 6.71. The normalized spacial score (nSPS) is 28.3. The second-order valence-electron chi connectivity index (χ2n) is 3.14. The Hall–Kier alpha value is -0.980. The maximum Gasteiger partial charge on any atom is 0.0482 e. The van der Waals surface area contributed by atoms with E-state index in [-0.39, 0.29) is 0 Å². The van der Waals surface area contributed by atoms with Gasteiger partial charge in [-0.25, -0.2) is 0 Å². The molecule has 1 aliphatic heterocycles. The molecule has 0 spiro atoms. The molecule has 0 bridgehead atoms. The van der Waals surface area contributed by atoms with Crippen molar-refractivity contribution in [1.29, 1.82) is 0 Å². The Morgan fingerprint density at radius 2 is 2.36 bits per heavy atom. The van der Waals surface area contributed by atoms with Gasteiger partial charge in [0.25, 0.3) is 0 Å². The van der Waals surface area contributed by atoms with Crippen LogP contribution < -0.4 is 5.32 Å². The molecule has 0 aromatic rings. The zero-order chi connectivity index (χ0) is 7.68. The Bertz CT molecular complexity index is 246. The summed E-state index contributed by atoms with van der Waals surface area (Å²) in [4.78, 5) is 0. The third-order valence-corrected chi connectivity index (χ3v) is 2.35. The number of hydrogen-bond donors (Lipinski definition) is 1. The molecule has 1 heterocycles. The second-order valence-corrected chi connectivity index (χ2v) is 3.14. The van der Waals surface area contributed by atoms with E-state index in [1.165, 1.54) is 24.0 Å². The van der Waals surface area contributed by atoms with Crippen LogP contribution in [0.25, 0.3) is 0 Å². The van der Waals surface area contributed by atoms with Crippen LogP contribution in [0.4, 0.5) is 0 Å². The van der Waals surface area contributed by atoms with Crippen LogP contribution in [0.3, 0.4) is 0 Å². The molecule has 0 amide bonds. The first-order valence-electron chi connectivity index (χ1n) is 4.20. The van der Waals surface area contributed by atoms with Crippen LogP contribution in [0.5, 0.6) is 0 Å². The molecule has 1 N–H and O–H groups in total. The molecule has 1 heteroatoms. The molecule has 0 fully saturated rings. The number of rotatable bonds is 0. The summed E-state index contributed by atoms with van der Waals surface area (Å²) in [7, 11) is 0. The number of hydrogen-bond acceptors (Lipinski definition) is 1. The maximum absolute atomic E-state index is 3.29. The standard InChI is InChI=1S/C10H13N/c1-8-10-5-3-2-4-9(10)6-7-11-8/h3,5-8,11H,2,4H2,1H3. The minimum Gasteiger partial charge on any atom is -0.384 e. The Kier molecular flexibility index (Phi) is 1.57. The minimum absolute atomic E-state index is 0.506. The fourth-order valence-corrected chi connectivity index (χ4v) is 1.69. The van der Waals surface area contributed by atoms with Gasteiger partial charge in [-0.05, 0) is 43.2 Å². The highest BCUT2D eigenvalue weighted by Gasteiger charge is 2.14. The van der Waals surface area contributed by atoms with Crippen LogP contribution in [-0.4, -0.2) is 6.04 Å². The summed E-state index contributed by atoms with van der Waals surface area (Å²) in [5.74, 6) is 0. The summed E-state index contributed by atoms with van der Waals surface area (Å²) in [5, 5.41) is 3.29. The predicted molar refractivity (Wildman–Crippen MR) is 47.1 cm³/mol. The predicted octanol–water partition coefficient (Wildman–Crippen LogP) is 2.14. The van der Waals surface area contributed by atoms with Gasteiger partial charge >= 0.3 is 0 Å². The van der Waals surface area contributed by atoms with E-state index in [0.717, 1.165) is 0 Å². The Morgan fingerprint density at radius 3 is 3.18 bits per heavy atom. The highest BCUT2D eigenvalue weighted by atomic mass is 14.9. The van der Waals surface area contributed by atoms with Gasteiger partial charge in [0.15, 0.2) is 0 Å². The topological polar surface area (TPSA) is 12.0 Å². The lowest BCUT2D eigenvalue weighted by atomic mass is 9.91. The van der Waals surface area contributed by atoms with E-state index in [9.17, 15) is 0 Å². The number of dihydropyridines is 1. The molecule has 0 aromatic carbocycles. The van der Waals surface area contributed by atoms with Crippen LogP contribution in [0.15, 0.2) is 35.6 Å². The van der Waals surface area contributed by atoms with E-state index >= 15 is 0 Å². The van der Waals surface area contributed by atoms with Gasteiger partial charge in [-0.15, -0.1) is 0 Å². The van der Waals surface area contributed by atoms with Gasteiger partial charge in [0, 0.05) is 6.04 Å². The molecule has 1 nitrogen and oxygen atoms in total. The van der Waals surface area contributed by atoms with Gasteiger partial charge in [0.05, 0.1) is 0 Å². The van der Waals surface area contributed by atoms with Crippen molar-refractivity contribution in [2.75, 3.05) is 0 Å². The maximum atomic E-state index is 3.29. The Balaban J connectivity index is 2.36. The first-order chi connectivity index (χ1) is 5.38. The van der Waals surface area contributed by atoms with Crippen LogP contribution in [-0.2, 0) is 0 Å². The van der Waals surface area contributed by atoms with Gasteiger partial charge < -0.3 is 5.32 Å². The molecular weight excluding hydrogens is 134 g/mol. The summed E-state index contributed by atoms with van der Waals surface area (Å²) < 4.78 is 0. The monoisotopic (exact) mass is 147 g/mol. The molecular formula is C10H13N. The lowest BCUT2D eigenvalue weighted by Crippen LogP contribution is -2.26. The van der Waals surface area contributed by atoms with Gasteiger partial charge in [-0.3, -0.25) is 0 Å². The van der Waals surface area contributed by atoms with Crippen LogP contribution in [0.1, 0.15) is 19.8 Å². The largest absolute Gasteiger partial charge is 0.384 e. The van der Waals surface area contributed by atoms with Crippen LogP contribution >= 0.6 is 0 Å². The molecule has 1 unspecified atom stereocenters. The number of allylic oxidation sites excluding steroid dienone is 3. The Labute approximate surface area is 67.5 Å². The Morgan fingerprint density at radius 1 is 1.45 bits per heavy atom. The highest BCUT2D eigenvalue weighted by molar-refractivity contribution is 5.41. The van der Waals surface area contributed by atoms with Crippen molar-refractivity contribution in [2.45, 2.75) is 25.8 Å². The molecule has 2 aliphatic rings. The van der Waals surface area contributed by atoms with Crippen molar-refractivity contribution in [3.8, 4) is 0 Å². The van der Waals surface area contributed by atoms with E-state index in [4.69, 9.17) is 0 Å². The van der Waals surface area contributed by atoms with Crippen molar-refractivity contribution in [2.24, 2.45) is 0 Å². The smallest absolute Gasteiger partial charge is 0.0482 e. The molecule has 0 saturated carbocycles. The van der Waals surface area contributed by atoms with E-state index in [0.29, 0.717) is 6.04 Å². The zero-order valence-electron chi connectivity index (χ0n) is 6.80. The van der Waals surface area contributed by atoms with Crippen LogP contribution in [0, 0.1) is 0 Å². The summed E-state index contributed by atoms with van der Waals surface area (Å²) >= 11 is 0. The zero-order valence-corrected chi connectivity index (χ0v) is 6.80. The fourth-order valence-electron chi connectivity index (χ4n) is 1.69. The van der Waals surface area contributed by atoms with Gasteiger partial charge in [0.2, 0.25) is 0 Å². The molecule has 2 rings (SSSR count). The quantitative estimate of drug-likeness (QED) is 0.553.